The van der Waals surface area contributed by atoms with Crippen LogP contribution in [0.5, 0.6) is 11.5 Å². The Hall–Kier alpha value is -3.00. The van der Waals surface area contributed by atoms with Crippen molar-refractivity contribution in [3.63, 3.8) is 0 Å². The fourth-order valence-electron chi connectivity index (χ4n) is 2.93. The summed E-state index contributed by atoms with van der Waals surface area (Å²) in [6.45, 7) is 8.12. The minimum atomic E-state index is -3.71. The molecule has 1 atom stereocenters. The highest BCUT2D eigenvalue weighted by atomic mass is 32.2. The summed E-state index contributed by atoms with van der Waals surface area (Å²) in [5.41, 5.74) is 0.945. The molecule has 0 saturated heterocycles. The molecule has 0 aliphatic rings. The lowest BCUT2D eigenvalue weighted by Gasteiger charge is -2.30. The summed E-state index contributed by atoms with van der Waals surface area (Å²) in [7, 11) is -3.71. The van der Waals surface area contributed by atoms with Gasteiger partial charge in [0.1, 0.15) is 24.1 Å². The lowest BCUT2D eigenvalue weighted by atomic mass is 10.1. The molecule has 0 aromatic heterocycles. The van der Waals surface area contributed by atoms with E-state index in [0.29, 0.717) is 42.5 Å². The molecule has 8 heteroatoms. The van der Waals surface area contributed by atoms with Gasteiger partial charge in [-0.05, 0) is 61.9 Å². The summed E-state index contributed by atoms with van der Waals surface area (Å²) in [4.78, 5) is 12.9. The number of sulfonamides is 1. The normalized spacial score (nSPS) is 12.0. The van der Waals surface area contributed by atoms with Gasteiger partial charge in [-0.1, -0.05) is 19.6 Å². The maximum absolute atomic E-state index is 12.9. The molecule has 0 unspecified atom stereocenters. The average Bonchev–Trinajstić information content (AvgIpc) is 2.71. The van der Waals surface area contributed by atoms with Crippen LogP contribution in [0.1, 0.15) is 20.3 Å². The molecule has 0 bridgehead atoms. The molecule has 0 aliphatic carbocycles. The van der Waals surface area contributed by atoms with E-state index in [2.05, 4.69) is 11.9 Å². The number of benzene rings is 2. The van der Waals surface area contributed by atoms with Gasteiger partial charge >= 0.3 is 0 Å². The van der Waals surface area contributed by atoms with E-state index in [1.54, 1.807) is 61.5 Å². The Bertz CT molecular complexity index is 940. The predicted molar refractivity (Wildman–Crippen MR) is 120 cm³/mol. The molecule has 0 heterocycles. The van der Waals surface area contributed by atoms with Gasteiger partial charge < -0.3 is 14.8 Å². The van der Waals surface area contributed by atoms with Gasteiger partial charge in [0.15, 0.2) is 0 Å². The summed E-state index contributed by atoms with van der Waals surface area (Å²) in [5, 5.41) is 2.78. The Morgan fingerprint density at radius 1 is 1.07 bits per heavy atom. The number of hydrogen-bond acceptors (Lipinski definition) is 5. The van der Waals surface area contributed by atoms with E-state index in [0.717, 1.165) is 10.6 Å². The first kappa shape index (κ1) is 23.3. The first-order valence-electron chi connectivity index (χ1n) is 9.67. The summed E-state index contributed by atoms with van der Waals surface area (Å²) in [6, 6.07) is 12.6. The number of nitrogens with zero attached hydrogens (tertiary/aromatic N) is 1. The molecular formula is C22H28N2O5S. The minimum absolute atomic E-state index is 0.298. The summed E-state index contributed by atoms with van der Waals surface area (Å²) < 4.78 is 37.0. The molecule has 1 amide bonds. The summed E-state index contributed by atoms with van der Waals surface area (Å²) >= 11 is 0. The minimum Gasteiger partial charge on any atom is -0.494 e. The number of nitrogens with one attached hydrogen (secondary N) is 1. The first-order chi connectivity index (χ1) is 14.3. The molecule has 0 fully saturated rings. The van der Waals surface area contributed by atoms with E-state index >= 15 is 0 Å². The van der Waals surface area contributed by atoms with Crippen molar-refractivity contribution in [1.29, 1.82) is 0 Å². The van der Waals surface area contributed by atoms with Gasteiger partial charge in [0.25, 0.3) is 0 Å². The Morgan fingerprint density at radius 3 is 2.13 bits per heavy atom. The largest absolute Gasteiger partial charge is 0.494 e. The lowest BCUT2D eigenvalue weighted by Crippen LogP contribution is -2.46. The fraction of sp³-hybridized carbons (Fsp3) is 0.318. The third kappa shape index (κ3) is 6.25. The van der Waals surface area contributed by atoms with Crippen LogP contribution in [-0.4, -0.2) is 39.8 Å². The lowest BCUT2D eigenvalue weighted by molar-refractivity contribution is -0.117. The van der Waals surface area contributed by atoms with Crippen molar-refractivity contribution in [2.45, 2.75) is 26.3 Å². The summed E-state index contributed by atoms with van der Waals surface area (Å²) in [5.74, 6) is 0.856. The van der Waals surface area contributed by atoms with Gasteiger partial charge in [-0.3, -0.25) is 9.10 Å². The van der Waals surface area contributed by atoms with Crippen molar-refractivity contribution in [2.75, 3.05) is 29.1 Å². The molecule has 0 radical (unpaired) electrons. The van der Waals surface area contributed by atoms with Crippen molar-refractivity contribution in [2.24, 2.45) is 0 Å². The molecule has 1 N–H and O–H groups in total. The number of carbonyl (C=O) groups is 1. The number of amides is 1. The monoisotopic (exact) mass is 432 g/mol. The van der Waals surface area contributed by atoms with Crippen LogP contribution < -0.4 is 19.1 Å². The van der Waals surface area contributed by atoms with Gasteiger partial charge in [-0.2, -0.15) is 0 Å². The van der Waals surface area contributed by atoms with Crippen LogP contribution in [0.15, 0.2) is 61.2 Å². The molecule has 2 aromatic rings. The van der Waals surface area contributed by atoms with Gasteiger partial charge in [0.05, 0.1) is 18.6 Å². The van der Waals surface area contributed by atoms with E-state index in [1.807, 2.05) is 6.92 Å². The van der Waals surface area contributed by atoms with Crippen molar-refractivity contribution in [3.8, 4) is 11.5 Å². The molecule has 30 heavy (non-hydrogen) atoms. The highest BCUT2D eigenvalue weighted by molar-refractivity contribution is 7.92. The number of rotatable bonds is 11. The third-order valence-electron chi connectivity index (χ3n) is 4.22. The maximum atomic E-state index is 12.9. The van der Waals surface area contributed by atoms with Crippen molar-refractivity contribution in [1.82, 2.24) is 0 Å². The molecule has 0 spiro atoms. The Labute approximate surface area is 178 Å². The third-order valence-corrected chi connectivity index (χ3v) is 5.40. The Kier molecular flexibility index (Phi) is 8.29. The van der Waals surface area contributed by atoms with Crippen LogP contribution >= 0.6 is 0 Å². The first-order valence-corrected chi connectivity index (χ1v) is 11.5. The topological polar surface area (TPSA) is 84.9 Å². The van der Waals surface area contributed by atoms with Crippen molar-refractivity contribution >= 4 is 27.3 Å². The van der Waals surface area contributed by atoms with Gasteiger partial charge in [-0.15, -0.1) is 0 Å². The number of carbonyl (C=O) groups excluding carboxylic acids is 1. The van der Waals surface area contributed by atoms with E-state index in [1.165, 1.54) is 0 Å². The second-order valence-corrected chi connectivity index (χ2v) is 8.38. The number of anilines is 2. The quantitative estimate of drug-likeness (QED) is 0.546. The van der Waals surface area contributed by atoms with Crippen LogP contribution in [0, 0.1) is 0 Å². The highest BCUT2D eigenvalue weighted by Gasteiger charge is 2.31. The zero-order chi connectivity index (χ0) is 22.1. The number of ether oxygens (including phenoxy) is 2. The van der Waals surface area contributed by atoms with Gasteiger partial charge in [0.2, 0.25) is 15.9 Å². The Morgan fingerprint density at radius 2 is 1.63 bits per heavy atom. The summed E-state index contributed by atoms with van der Waals surface area (Å²) in [6.07, 6.45) is 3.03. The predicted octanol–water partition coefficient (Wildman–Crippen LogP) is 3.83. The van der Waals surface area contributed by atoms with Crippen LogP contribution in [-0.2, 0) is 14.8 Å². The average molecular weight is 433 g/mol. The molecular weight excluding hydrogens is 404 g/mol. The standard InChI is InChI=1S/C22H28N2O5S/c1-5-16-29-20-12-8-17(9-13-20)23-22(25)21(6-2)24(30(4,26)27)18-10-14-19(15-11-18)28-7-3/h5,8-15,21H,1,6-7,16H2,2-4H3,(H,23,25)/t21-/m0/s1. The molecule has 162 valence electrons. The van der Waals surface area contributed by atoms with Crippen molar-refractivity contribution in [3.05, 3.63) is 61.2 Å². The Balaban J connectivity index is 2.23. The second-order valence-electron chi connectivity index (χ2n) is 6.52. The zero-order valence-corrected chi connectivity index (χ0v) is 18.3. The van der Waals surface area contributed by atoms with E-state index in [-0.39, 0.29) is 0 Å². The van der Waals surface area contributed by atoms with E-state index in [4.69, 9.17) is 9.47 Å². The van der Waals surface area contributed by atoms with Crippen molar-refractivity contribution < 1.29 is 22.7 Å². The van der Waals surface area contributed by atoms with Crippen LogP contribution in [0.25, 0.3) is 0 Å². The van der Waals surface area contributed by atoms with Crippen LogP contribution in [0.3, 0.4) is 0 Å². The zero-order valence-electron chi connectivity index (χ0n) is 17.5. The van der Waals surface area contributed by atoms with Crippen LogP contribution in [0.2, 0.25) is 0 Å². The molecule has 0 saturated carbocycles. The van der Waals surface area contributed by atoms with Gasteiger partial charge in [0, 0.05) is 5.69 Å². The number of hydrogen-bond donors (Lipinski definition) is 1. The smallest absolute Gasteiger partial charge is 0.248 e. The van der Waals surface area contributed by atoms with Crippen LogP contribution in [0.4, 0.5) is 11.4 Å². The molecule has 0 aliphatic heterocycles. The SMILES string of the molecule is C=CCOc1ccc(NC(=O)[C@H](CC)N(c2ccc(OCC)cc2)S(C)(=O)=O)cc1. The van der Waals surface area contributed by atoms with Gasteiger partial charge in [-0.25, -0.2) is 8.42 Å². The second kappa shape index (κ2) is 10.7. The van der Waals surface area contributed by atoms with E-state index < -0.39 is 22.0 Å². The highest BCUT2D eigenvalue weighted by Crippen LogP contribution is 2.26. The molecule has 7 nitrogen and oxygen atoms in total. The molecule has 2 aromatic carbocycles. The molecule has 2 rings (SSSR count). The maximum Gasteiger partial charge on any atom is 0.248 e. The van der Waals surface area contributed by atoms with E-state index in [9.17, 15) is 13.2 Å². The fourth-order valence-corrected chi connectivity index (χ4v) is 4.14.